The second-order valence-electron chi connectivity index (χ2n) is 3.18. The van der Waals surface area contributed by atoms with Crippen molar-refractivity contribution in [3.8, 4) is 0 Å². The monoisotopic (exact) mass is 242 g/mol. The maximum Gasteiger partial charge on any atom is 0.328 e. The van der Waals surface area contributed by atoms with Crippen molar-refractivity contribution in [1.29, 1.82) is 0 Å². The van der Waals surface area contributed by atoms with E-state index in [4.69, 9.17) is 21.3 Å². The molecular weight excluding hydrogens is 232 g/mol. The molecule has 5 nitrogen and oxygen atoms in total. The zero-order valence-electron chi connectivity index (χ0n) is 7.64. The van der Waals surface area contributed by atoms with E-state index in [1.807, 2.05) is 0 Å². The van der Waals surface area contributed by atoms with Gasteiger partial charge >= 0.3 is 5.97 Å². The first-order chi connectivity index (χ1) is 6.09. The number of hydrogen-bond acceptors (Lipinski definition) is 3. The second kappa shape index (κ2) is 4.29. The fourth-order valence-corrected chi connectivity index (χ4v) is 1.31. The fraction of sp³-hybridized carbons (Fsp3) is 0.571. The Morgan fingerprint density at radius 1 is 1.50 bits per heavy atom. The van der Waals surface area contributed by atoms with Gasteiger partial charge < -0.3 is 5.11 Å². The Labute approximate surface area is 87.1 Å². The van der Waals surface area contributed by atoms with Crippen molar-refractivity contribution >= 4 is 27.7 Å². The van der Waals surface area contributed by atoms with E-state index in [0.29, 0.717) is 0 Å². The van der Waals surface area contributed by atoms with Gasteiger partial charge in [0.2, 0.25) is 0 Å². The highest BCUT2D eigenvalue weighted by Crippen LogP contribution is 2.25. The second-order valence-corrected chi connectivity index (χ2v) is 5.65. The summed E-state index contributed by atoms with van der Waals surface area (Å²) in [4.78, 5) is 10.1. The Kier molecular flexibility index (Phi) is 4.11. The molecule has 0 aromatic rings. The van der Waals surface area contributed by atoms with E-state index in [1.54, 1.807) is 0 Å². The van der Waals surface area contributed by atoms with Gasteiger partial charge in [0.25, 0.3) is 10.1 Å². The van der Waals surface area contributed by atoms with E-state index in [-0.39, 0.29) is 0 Å². The van der Waals surface area contributed by atoms with E-state index >= 15 is 0 Å². The number of aliphatic carboxylic acids is 1. The van der Waals surface area contributed by atoms with Gasteiger partial charge in [0.1, 0.15) is 4.75 Å². The lowest BCUT2D eigenvalue weighted by Gasteiger charge is -2.23. The smallest absolute Gasteiger partial charge is 0.328 e. The molecule has 7 heteroatoms. The van der Waals surface area contributed by atoms with Crippen molar-refractivity contribution in [3.63, 3.8) is 0 Å². The molecule has 0 radical (unpaired) electrons. The molecule has 1 unspecified atom stereocenters. The molecule has 0 aliphatic rings. The van der Waals surface area contributed by atoms with Crippen LogP contribution in [-0.2, 0) is 14.9 Å². The van der Waals surface area contributed by atoms with Crippen molar-refractivity contribution in [2.24, 2.45) is 0 Å². The van der Waals surface area contributed by atoms with Gasteiger partial charge in [-0.15, -0.1) is 11.6 Å². The number of allylic oxidation sites excluding steroid dienone is 1. The third-order valence-corrected chi connectivity index (χ3v) is 4.14. The Bertz CT molecular complexity index is 343. The molecule has 0 saturated carbocycles. The number of rotatable bonds is 4. The van der Waals surface area contributed by atoms with Crippen LogP contribution in [0, 0.1) is 0 Å². The van der Waals surface area contributed by atoms with Crippen LogP contribution in [0.15, 0.2) is 12.2 Å². The highest BCUT2D eigenvalue weighted by molar-refractivity contribution is 7.87. The molecule has 0 aliphatic carbocycles. The van der Waals surface area contributed by atoms with Gasteiger partial charge in [-0.05, 0) is 13.8 Å². The lowest BCUT2D eigenvalue weighted by molar-refractivity contribution is -0.131. The highest BCUT2D eigenvalue weighted by Gasteiger charge is 2.38. The maximum atomic E-state index is 10.8. The van der Waals surface area contributed by atoms with Gasteiger partial charge in [0.15, 0.2) is 0 Å². The molecule has 0 spiro atoms. The Morgan fingerprint density at radius 2 is 1.93 bits per heavy atom. The predicted octanol–water partition coefficient (Wildman–Crippen LogP) is 0.901. The van der Waals surface area contributed by atoms with Crippen molar-refractivity contribution in [2.45, 2.75) is 24.0 Å². The van der Waals surface area contributed by atoms with E-state index in [2.05, 4.69) is 0 Å². The summed E-state index contributed by atoms with van der Waals surface area (Å²) in [5, 5.41) is 7.16. The van der Waals surface area contributed by atoms with Gasteiger partial charge in [-0.1, -0.05) is 6.08 Å². The van der Waals surface area contributed by atoms with Crippen molar-refractivity contribution < 1.29 is 22.9 Å². The average Bonchev–Trinajstić information content (AvgIpc) is 1.97. The van der Waals surface area contributed by atoms with Crippen LogP contribution >= 0.6 is 11.6 Å². The highest BCUT2D eigenvalue weighted by atomic mass is 35.5. The van der Waals surface area contributed by atoms with Crippen LogP contribution < -0.4 is 0 Å². The lowest BCUT2D eigenvalue weighted by Crippen LogP contribution is -2.39. The number of hydrogen-bond donors (Lipinski definition) is 2. The van der Waals surface area contributed by atoms with Gasteiger partial charge in [-0.2, -0.15) is 8.42 Å². The minimum Gasteiger partial charge on any atom is -0.478 e. The first kappa shape index (κ1) is 13.4. The van der Waals surface area contributed by atoms with Crippen molar-refractivity contribution in [2.75, 3.05) is 0 Å². The van der Waals surface area contributed by atoms with Crippen LogP contribution in [0.4, 0.5) is 0 Å². The fourth-order valence-electron chi connectivity index (χ4n) is 0.541. The van der Waals surface area contributed by atoms with Gasteiger partial charge in [-0.25, -0.2) is 4.79 Å². The summed E-state index contributed by atoms with van der Waals surface area (Å²) in [5.41, 5.74) is 0. The minimum atomic E-state index is -4.33. The summed E-state index contributed by atoms with van der Waals surface area (Å²) in [6.07, 6.45) is 1.72. The number of halogens is 1. The molecule has 1 atom stereocenters. The third-order valence-electron chi connectivity index (χ3n) is 1.74. The summed E-state index contributed by atoms with van der Waals surface area (Å²) in [6, 6.07) is 0. The maximum absolute atomic E-state index is 10.8. The summed E-state index contributed by atoms with van der Waals surface area (Å²) < 4.78 is 28.8. The van der Waals surface area contributed by atoms with Gasteiger partial charge in [0.05, 0.1) is 5.38 Å². The first-order valence-electron chi connectivity index (χ1n) is 3.61. The molecule has 0 aromatic heterocycles. The van der Waals surface area contributed by atoms with Crippen molar-refractivity contribution in [1.82, 2.24) is 0 Å². The Hall–Kier alpha value is -0.590. The quantitative estimate of drug-likeness (QED) is 0.434. The molecule has 0 aromatic carbocycles. The lowest BCUT2D eigenvalue weighted by atomic mass is 10.1. The average molecular weight is 243 g/mol. The first-order valence-corrected chi connectivity index (χ1v) is 5.49. The van der Waals surface area contributed by atoms with Crippen LogP contribution in [0.3, 0.4) is 0 Å². The Morgan fingerprint density at radius 3 is 2.21 bits per heavy atom. The van der Waals surface area contributed by atoms with Crippen LogP contribution in [-0.4, -0.2) is 34.2 Å². The van der Waals surface area contributed by atoms with Gasteiger partial charge in [-0.3, -0.25) is 4.55 Å². The molecule has 0 aliphatic heterocycles. The summed E-state index contributed by atoms with van der Waals surface area (Å²) >= 11 is 5.61. The Balaban J connectivity index is 4.86. The minimum absolute atomic E-state index is 0.727. The number of alkyl halides is 1. The summed E-state index contributed by atoms with van der Waals surface area (Å²) in [6.45, 7) is 2.40. The molecule has 0 heterocycles. The van der Waals surface area contributed by atoms with Crippen LogP contribution in [0.1, 0.15) is 13.8 Å². The van der Waals surface area contributed by atoms with E-state index < -0.39 is 26.2 Å². The topological polar surface area (TPSA) is 91.7 Å². The number of carboxylic acid groups (broad SMARTS) is 1. The number of carboxylic acids is 1. The molecule has 2 N–H and O–H groups in total. The molecule has 0 fully saturated rings. The largest absolute Gasteiger partial charge is 0.478 e. The molecule has 14 heavy (non-hydrogen) atoms. The molecule has 0 amide bonds. The third kappa shape index (κ3) is 3.28. The van der Waals surface area contributed by atoms with Crippen LogP contribution in [0.5, 0.6) is 0 Å². The van der Waals surface area contributed by atoms with Crippen molar-refractivity contribution in [3.05, 3.63) is 12.2 Å². The molecule has 0 saturated heterocycles. The summed E-state index contributed by atoms with van der Waals surface area (Å²) in [5.74, 6) is -1.23. The number of carbonyl (C=O) groups is 1. The molecule has 0 bridgehead atoms. The standard InChI is InChI=1S/C7H11ClO5S/c1-7(2,14(11,12)13)5(8)3-4-6(9)10/h3-5H,1-2H3,(H,9,10)(H,11,12,13). The van der Waals surface area contributed by atoms with Crippen LogP contribution in [0.2, 0.25) is 0 Å². The predicted molar refractivity (Wildman–Crippen MR) is 52.0 cm³/mol. The molecular formula is C7H11ClO5S. The van der Waals surface area contributed by atoms with E-state index in [0.717, 1.165) is 12.2 Å². The molecule has 82 valence electrons. The van der Waals surface area contributed by atoms with E-state index in [9.17, 15) is 13.2 Å². The normalized spacial score (nSPS) is 15.7. The SMILES string of the molecule is CC(C)(C(Cl)C=CC(=O)O)S(=O)(=O)O. The summed E-state index contributed by atoms with van der Waals surface area (Å²) in [7, 11) is -4.33. The molecule has 0 rings (SSSR count). The zero-order valence-corrected chi connectivity index (χ0v) is 9.21. The van der Waals surface area contributed by atoms with Gasteiger partial charge in [0, 0.05) is 6.08 Å². The van der Waals surface area contributed by atoms with E-state index in [1.165, 1.54) is 13.8 Å². The zero-order chi connectivity index (χ0) is 11.6. The van der Waals surface area contributed by atoms with Crippen LogP contribution in [0.25, 0.3) is 0 Å².